The first-order valence-electron chi connectivity index (χ1n) is 10.5. The number of para-hydroxylation sites is 2. The highest BCUT2D eigenvalue weighted by molar-refractivity contribution is 5.99. The fraction of sp³-hybridized carbons (Fsp3) is 0.154. The van der Waals surface area contributed by atoms with Crippen molar-refractivity contribution in [3.63, 3.8) is 0 Å². The number of hydrogen-bond acceptors (Lipinski definition) is 4. The number of anilines is 1. The normalized spacial score (nSPS) is 17.4. The van der Waals surface area contributed by atoms with E-state index in [0.717, 1.165) is 44.8 Å². The molecular formula is C26H24N3O2+. The molecule has 0 unspecified atom stereocenters. The topological polar surface area (TPSA) is 64.3 Å². The lowest BCUT2D eigenvalue weighted by atomic mass is 9.80. The number of dihydropyridines is 1. The average molecular weight is 410 g/mol. The van der Waals surface area contributed by atoms with Crippen molar-refractivity contribution in [2.75, 3.05) is 11.9 Å². The maximum Gasteiger partial charge on any atom is 0.336 e. The van der Waals surface area contributed by atoms with Gasteiger partial charge in [0.15, 0.2) is 6.21 Å². The molecule has 0 amide bonds. The lowest BCUT2D eigenvalue weighted by molar-refractivity contribution is -0.345. The summed E-state index contributed by atoms with van der Waals surface area (Å²) in [4.78, 5) is 16.5. The molecule has 5 heteroatoms. The number of nitrogens with one attached hydrogen (secondary N) is 3. The number of benzene rings is 3. The van der Waals surface area contributed by atoms with Gasteiger partial charge in [0, 0.05) is 11.8 Å². The largest absolute Gasteiger partial charge is 0.463 e. The van der Waals surface area contributed by atoms with Crippen molar-refractivity contribution in [2.45, 2.75) is 19.8 Å². The number of allylic oxidation sites excluding steroid dienone is 2. The molecule has 0 aliphatic carbocycles. The number of carbonyl (C=O) groups is 1. The molecule has 3 N–H and O–H groups in total. The molecule has 3 aromatic carbocycles. The van der Waals surface area contributed by atoms with Crippen molar-refractivity contribution in [1.29, 1.82) is 0 Å². The third kappa shape index (κ3) is 3.28. The van der Waals surface area contributed by atoms with Crippen LogP contribution in [0.15, 0.2) is 89.4 Å². The lowest BCUT2D eigenvalue weighted by Crippen LogP contribution is -2.62. The molecule has 3 aromatic rings. The number of fused-ring (bicyclic) bond motifs is 2. The first kappa shape index (κ1) is 19.1. The summed E-state index contributed by atoms with van der Waals surface area (Å²) in [6, 6.07) is 22.6. The Morgan fingerprint density at radius 3 is 2.65 bits per heavy atom. The van der Waals surface area contributed by atoms with Gasteiger partial charge in [-0.3, -0.25) is 0 Å². The molecule has 31 heavy (non-hydrogen) atoms. The van der Waals surface area contributed by atoms with Crippen LogP contribution in [0.3, 0.4) is 0 Å². The second kappa shape index (κ2) is 7.76. The molecule has 154 valence electrons. The number of hydrogen-bond donors (Lipinski definition) is 3. The Morgan fingerprint density at radius 2 is 1.77 bits per heavy atom. The molecule has 5 rings (SSSR count). The minimum absolute atomic E-state index is 0.282. The fourth-order valence-corrected chi connectivity index (χ4v) is 4.42. The maximum atomic E-state index is 13.1. The Hall–Kier alpha value is -3.86. The summed E-state index contributed by atoms with van der Waals surface area (Å²) in [5.41, 5.74) is 5.39. The molecular weight excluding hydrogens is 386 g/mol. The van der Waals surface area contributed by atoms with Crippen molar-refractivity contribution < 1.29 is 14.5 Å². The highest BCUT2D eigenvalue weighted by atomic mass is 16.5. The van der Waals surface area contributed by atoms with E-state index in [-0.39, 0.29) is 11.9 Å². The summed E-state index contributed by atoms with van der Waals surface area (Å²) < 4.78 is 5.47. The lowest BCUT2D eigenvalue weighted by Gasteiger charge is -2.30. The van der Waals surface area contributed by atoms with E-state index in [2.05, 4.69) is 39.9 Å². The molecule has 0 saturated heterocycles. The van der Waals surface area contributed by atoms with Crippen molar-refractivity contribution in [3.05, 3.63) is 95.0 Å². The highest BCUT2D eigenvalue weighted by Crippen LogP contribution is 2.41. The fourth-order valence-electron chi connectivity index (χ4n) is 4.42. The standard InChI is InChI=1S/C26H23N3O2/c1-3-31-26(30)23-16(2)28-25-20(15-27-21-13-6-7-14-22(21)29-25)24(23)19-12-8-10-17-9-4-5-11-18(17)19/h4-15,24,28-29H,3H2,1-2H3/p+1/t24-/m1/s1. The zero-order valence-electron chi connectivity index (χ0n) is 17.5. The van der Waals surface area contributed by atoms with Crippen molar-refractivity contribution in [2.24, 2.45) is 0 Å². The van der Waals surface area contributed by atoms with Gasteiger partial charge in [-0.2, -0.15) is 0 Å². The van der Waals surface area contributed by atoms with Crippen LogP contribution in [-0.2, 0) is 9.53 Å². The smallest absolute Gasteiger partial charge is 0.336 e. The molecule has 2 heterocycles. The summed E-state index contributed by atoms with van der Waals surface area (Å²) in [6.07, 6.45) is 1.99. The molecule has 1 atom stereocenters. The van der Waals surface area contributed by atoms with E-state index >= 15 is 0 Å². The molecule has 5 nitrogen and oxygen atoms in total. The molecule has 2 aliphatic heterocycles. The second-order valence-electron chi connectivity index (χ2n) is 7.68. The van der Waals surface area contributed by atoms with Crippen LogP contribution in [0.5, 0.6) is 0 Å². The third-order valence-corrected chi connectivity index (χ3v) is 5.80. The van der Waals surface area contributed by atoms with E-state index < -0.39 is 0 Å². The predicted octanol–water partition coefficient (Wildman–Crippen LogP) is 3.48. The van der Waals surface area contributed by atoms with Crippen molar-refractivity contribution in [3.8, 4) is 0 Å². The summed E-state index contributed by atoms with van der Waals surface area (Å²) in [7, 11) is 0. The van der Waals surface area contributed by atoms with Gasteiger partial charge in [0.1, 0.15) is 11.5 Å². The molecule has 0 radical (unpaired) electrons. The molecule has 0 aromatic heterocycles. The van der Waals surface area contributed by atoms with Crippen molar-refractivity contribution in [1.82, 2.24) is 5.32 Å². The second-order valence-corrected chi connectivity index (χ2v) is 7.68. The van der Waals surface area contributed by atoms with Crippen LogP contribution in [0, 0.1) is 0 Å². The maximum absolute atomic E-state index is 13.1. The SMILES string of the molecule is CCOC(=O)C1=C(C)NC2=C(C=[NH+]c3ccccc3N2)[C@H]1c1cccc2ccccc12. The zero-order valence-corrected chi connectivity index (χ0v) is 17.5. The third-order valence-electron chi connectivity index (χ3n) is 5.80. The van der Waals surface area contributed by atoms with Crippen LogP contribution < -0.4 is 15.6 Å². The van der Waals surface area contributed by atoms with Crippen LogP contribution in [0.4, 0.5) is 11.4 Å². The van der Waals surface area contributed by atoms with Gasteiger partial charge in [-0.15, -0.1) is 0 Å². The van der Waals surface area contributed by atoms with Crippen LogP contribution in [0.1, 0.15) is 25.3 Å². The number of carbonyl (C=O) groups excluding carboxylic acids is 1. The van der Waals surface area contributed by atoms with E-state index in [4.69, 9.17) is 4.74 Å². The first-order valence-corrected chi connectivity index (χ1v) is 10.5. The van der Waals surface area contributed by atoms with Crippen LogP contribution in [0.25, 0.3) is 10.8 Å². The van der Waals surface area contributed by atoms with Crippen molar-refractivity contribution >= 4 is 34.3 Å². The summed E-state index contributed by atoms with van der Waals surface area (Å²) >= 11 is 0. The van der Waals surface area contributed by atoms with Crippen LogP contribution in [0.2, 0.25) is 0 Å². The Kier molecular flexibility index (Phi) is 4.79. The summed E-state index contributed by atoms with van der Waals surface area (Å²) in [6.45, 7) is 4.09. The molecule has 2 aliphatic rings. The molecule has 0 bridgehead atoms. The van der Waals surface area contributed by atoms with Gasteiger partial charge in [0.05, 0.1) is 23.7 Å². The molecule has 0 fully saturated rings. The Balaban J connectivity index is 1.74. The van der Waals surface area contributed by atoms with Gasteiger partial charge in [-0.05, 0) is 36.2 Å². The quantitative estimate of drug-likeness (QED) is 0.579. The number of rotatable bonds is 3. The van der Waals surface area contributed by atoms with Crippen LogP contribution in [-0.4, -0.2) is 18.8 Å². The first-order chi connectivity index (χ1) is 15.2. The monoisotopic (exact) mass is 410 g/mol. The summed E-state index contributed by atoms with van der Waals surface area (Å²) in [5, 5.41) is 9.19. The Morgan fingerprint density at radius 1 is 1.00 bits per heavy atom. The van der Waals surface area contributed by atoms with E-state index in [1.807, 2.05) is 62.5 Å². The Labute approximate surface area is 181 Å². The van der Waals surface area contributed by atoms with E-state index in [1.165, 1.54) is 0 Å². The predicted molar refractivity (Wildman–Crippen MR) is 123 cm³/mol. The molecule has 0 saturated carbocycles. The van der Waals surface area contributed by atoms with Gasteiger partial charge in [-0.1, -0.05) is 54.6 Å². The van der Waals surface area contributed by atoms with Gasteiger partial charge < -0.3 is 15.4 Å². The van der Waals surface area contributed by atoms with E-state index in [0.29, 0.717) is 12.2 Å². The average Bonchev–Trinajstić information content (AvgIpc) is 2.97. The minimum atomic E-state index is -0.299. The zero-order chi connectivity index (χ0) is 21.4. The van der Waals surface area contributed by atoms with E-state index in [9.17, 15) is 4.79 Å². The van der Waals surface area contributed by atoms with Crippen LogP contribution >= 0.6 is 0 Å². The van der Waals surface area contributed by atoms with E-state index in [1.54, 1.807) is 0 Å². The van der Waals surface area contributed by atoms with Gasteiger partial charge in [0.25, 0.3) is 0 Å². The molecule has 0 spiro atoms. The summed E-state index contributed by atoms with van der Waals surface area (Å²) in [5.74, 6) is 0.281. The van der Waals surface area contributed by atoms with Gasteiger partial charge in [0.2, 0.25) is 5.69 Å². The number of ether oxygens (including phenoxy) is 1. The Bertz CT molecular complexity index is 1280. The van der Waals surface area contributed by atoms with Gasteiger partial charge >= 0.3 is 5.97 Å². The number of esters is 1. The highest BCUT2D eigenvalue weighted by Gasteiger charge is 2.37. The van der Waals surface area contributed by atoms with Gasteiger partial charge in [-0.25, -0.2) is 9.79 Å². The minimum Gasteiger partial charge on any atom is -0.463 e.